The van der Waals surface area contributed by atoms with Crippen molar-refractivity contribution in [3.05, 3.63) is 0 Å². The van der Waals surface area contributed by atoms with Crippen molar-refractivity contribution < 1.29 is 9.47 Å². The molecule has 1 unspecified atom stereocenters. The van der Waals surface area contributed by atoms with Crippen LogP contribution in [0.3, 0.4) is 0 Å². The minimum atomic E-state index is -0.154. The molecule has 0 saturated carbocycles. The van der Waals surface area contributed by atoms with E-state index in [9.17, 15) is 0 Å². The van der Waals surface area contributed by atoms with E-state index in [1.165, 1.54) is 0 Å². The second-order valence-corrected chi connectivity index (χ2v) is 4.21. The third-order valence-electron chi connectivity index (χ3n) is 2.00. The van der Waals surface area contributed by atoms with Crippen LogP contribution in [0.2, 0.25) is 0 Å². The molecule has 3 nitrogen and oxygen atoms in total. The van der Waals surface area contributed by atoms with Gasteiger partial charge in [-0.15, -0.1) is 0 Å². The van der Waals surface area contributed by atoms with E-state index >= 15 is 0 Å². The predicted molar refractivity (Wildman–Crippen MR) is 54.8 cm³/mol. The lowest BCUT2D eigenvalue weighted by atomic mass is 10.0. The molecule has 0 aliphatic heterocycles. The lowest BCUT2D eigenvalue weighted by Crippen LogP contribution is -2.36. The van der Waals surface area contributed by atoms with E-state index in [0.29, 0.717) is 6.54 Å². The van der Waals surface area contributed by atoms with E-state index in [4.69, 9.17) is 15.2 Å². The summed E-state index contributed by atoms with van der Waals surface area (Å²) in [6, 6.07) is 0. The predicted octanol–water partition coefficient (Wildman–Crippen LogP) is 1.55. The lowest BCUT2D eigenvalue weighted by Gasteiger charge is -2.28. The first kappa shape index (κ1) is 12.9. The van der Waals surface area contributed by atoms with Crippen LogP contribution in [0.25, 0.3) is 0 Å². The Kier molecular flexibility index (Phi) is 5.53. The monoisotopic (exact) mass is 189 g/mol. The molecule has 1 atom stereocenters. The molecule has 0 spiro atoms. The molecule has 0 aromatic carbocycles. The molecule has 80 valence electrons. The summed E-state index contributed by atoms with van der Waals surface area (Å²) in [6.45, 7) is 8.66. The second-order valence-electron chi connectivity index (χ2n) is 4.21. The highest BCUT2D eigenvalue weighted by atomic mass is 16.5. The van der Waals surface area contributed by atoms with E-state index in [2.05, 4.69) is 0 Å². The van der Waals surface area contributed by atoms with Crippen LogP contribution in [0.4, 0.5) is 0 Å². The van der Waals surface area contributed by atoms with Crippen LogP contribution in [-0.4, -0.2) is 31.5 Å². The van der Waals surface area contributed by atoms with Crippen LogP contribution in [0.15, 0.2) is 0 Å². The molecule has 2 N–H and O–H groups in total. The molecule has 0 aromatic rings. The van der Waals surface area contributed by atoms with Gasteiger partial charge in [0, 0.05) is 20.1 Å². The Labute approximate surface area is 81.6 Å². The van der Waals surface area contributed by atoms with Crippen LogP contribution < -0.4 is 5.73 Å². The van der Waals surface area contributed by atoms with Gasteiger partial charge in [0.2, 0.25) is 0 Å². The fourth-order valence-corrected chi connectivity index (χ4v) is 1.20. The summed E-state index contributed by atoms with van der Waals surface area (Å²) in [5.41, 5.74) is 5.45. The third kappa shape index (κ3) is 6.02. The topological polar surface area (TPSA) is 44.5 Å². The van der Waals surface area contributed by atoms with Crippen LogP contribution in [0, 0.1) is 0 Å². The molecular weight excluding hydrogens is 166 g/mol. The quantitative estimate of drug-likeness (QED) is 0.689. The molecular formula is C10H23NO2. The van der Waals surface area contributed by atoms with Crippen molar-refractivity contribution in [2.45, 2.75) is 51.9 Å². The summed E-state index contributed by atoms with van der Waals surface area (Å²) in [4.78, 5) is 0. The Morgan fingerprint density at radius 3 is 2.15 bits per heavy atom. The maximum Gasteiger partial charge on any atom is 0.0728 e. The SMILES string of the molecule is COC(C)(C)CC(CN)OC(C)C. The van der Waals surface area contributed by atoms with Gasteiger partial charge in [0.1, 0.15) is 0 Å². The molecule has 0 aliphatic rings. The highest BCUT2D eigenvalue weighted by molar-refractivity contribution is 4.75. The molecule has 0 rings (SSSR count). The van der Waals surface area contributed by atoms with E-state index in [-0.39, 0.29) is 17.8 Å². The lowest BCUT2D eigenvalue weighted by molar-refractivity contribution is -0.0578. The summed E-state index contributed by atoms with van der Waals surface area (Å²) >= 11 is 0. The average molecular weight is 189 g/mol. The van der Waals surface area contributed by atoms with E-state index in [1.807, 2.05) is 27.7 Å². The van der Waals surface area contributed by atoms with Gasteiger partial charge in [-0.2, -0.15) is 0 Å². The summed E-state index contributed by atoms with van der Waals surface area (Å²) in [6.07, 6.45) is 1.15. The maximum absolute atomic E-state index is 5.63. The van der Waals surface area contributed by atoms with Gasteiger partial charge in [-0.3, -0.25) is 0 Å². The molecule has 0 radical (unpaired) electrons. The number of ether oxygens (including phenoxy) is 2. The van der Waals surface area contributed by atoms with E-state index in [1.54, 1.807) is 7.11 Å². The van der Waals surface area contributed by atoms with Crippen molar-refractivity contribution in [2.24, 2.45) is 5.73 Å². The molecule has 0 aliphatic carbocycles. The number of hydrogen-bond acceptors (Lipinski definition) is 3. The van der Waals surface area contributed by atoms with E-state index in [0.717, 1.165) is 6.42 Å². The summed E-state index contributed by atoms with van der Waals surface area (Å²) < 4.78 is 10.9. The van der Waals surface area contributed by atoms with Crippen molar-refractivity contribution in [1.82, 2.24) is 0 Å². The van der Waals surface area contributed by atoms with Crippen LogP contribution in [0.5, 0.6) is 0 Å². The van der Waals surface area contributed by atoms with Gasteiger partial charge in [0.25, 0.3) is 0 Å². The standard InChI is InChI=1S/C10H23NO2/c1-8(2)13-9(7-11)6-10(3,4)12-5/h8-9H,6-7,11H2,1-5H3. The Morgan fingerprint density at radius 1 is 1.31 bits per heavy atom. The zero-order valence-electron chi connectivity index (χ0n) is 9.46. The molecule has 13 heavy (non-hydrogen) atoms. The number of methoxy groups -OCH3 is 1. The van der Waals surface area contributed by atoms with Crippen molar-refractivity contribution in [2.75, 3.05) is 13.7 Å². The van der Waals surface area contributed by atoms with Gasteiger partial charge < -0.3 is 15.2 Å². The number of rotatable bonds is 6. The van der Waals surface area contributed by atoms with Crippen molar-refractivity contribution in [3.8, 4) is 0 Å². The Morgan fingerprint density at radius 2 is 1.85 bits per heavy atom. The summed E-state index contributed by atoms with van der Waals surface area (Å²) in [5, 5.41) is 0. The second kappa shape index (κ2) is 5.58. The zero-order chi connectivity index (χ0) is 10.5. The Balaban J connectivity index is 3.97. The normalized spacial score (nSPS) is 15.0. The van der Waals surface area contributed by atoms with Gasteiger partial charge in [-0.05, 0) is 27.7 Å². The molecule has 0 bridgehead atoms. The summed E-state index contributed by atoms with van der Waals surface area (Å²) in [7, 11) is 1.71. The Bertz CT molecular complexity index is 135. The highest BCUT2D eigenvalue weighted by Gasteiger charge is 2.22. The summed E-state index contributed by atoms with van der Waals surface area (Å²) in [5.74, 6) is 0. The molecule has 0 fully saturated rings. The van der Waals surface area contributed by atoms with Gasteiger partial charge in [0.15, 0.2) is 0 Å². The van der Waals surface area contributed by atoms with Gasteiger partial charge in [-0.25, -0.2) is 0 Å². The van der Waals surface area contributed by atoms with Crippen LogP contribution >= 0.6 is 0 Å². The molecule has 0 saturated heterocycles. The first-order valence-corrected chi connectivity index (χ1v) is 4.82. The minimum Gasteiger partial charge on any atom is -0.379 e. The smallest absolute Gasteiger partial charge is 0.0728 e. The van der Waals surface area contributed by atoms with Gasteiger partial charge in [-0.1, -0.05) is 0 Å². The van der Waals surface area contributed by atoms with Gasteiger partial charge in [0.05, 0.1) is 17.8 Å². The molecule has 0 aromatic heterocycles. The van der Waals surface area contributed by atoms with Crippen LogP contribution in [0.1, 0.15) is 34.1 Å². The third-order valence-corrected chi connectivity index (χ3v) is 2.00. The molecule has 0 amide bonds. The maximum atomic E-state index is 5.63. The van der Waals surface area contributed by atoms with Crippen LogP contribution in [-0.2, 0) is 9.47 Å². The van der Waals surface area contributed by atoms with Gasteiger partial charge >= 0.3 is 0 Å². The van der Waals surface area contributed by atoms with Crippen molar-refractivity contribution in [1.29, 1.82) is 0 Å². The van der Waals surface area contributed by atoms with Crippen molar-refractivity contribution >= 4 is 0 Å². The Hall–Kier alpha value is -0.120. The minimum absolute atomic E-state index is 0.0925. The fourth-order valence-electron chi connectivity index (χ4n) is 1.20. The average Bonchev–Trinajstić information content (AvgIpc) is 2.02. The number of nitrogens with two attached hydrogens (primary N) is 1. The highest BCUT2D eigenvalue weighted by Crippen LogP contribution is 2.17. The zero-order valence-corrected chi connectivity index (χ0v) is 9.46. The first-order valence-electron chi connectivity index (χ1n) is 4.82. The molecule has 0 heterocycles. The molecule has 3 heteroatoms. The number of hydrogen-bond donors (Lipinski definition) is 1. The van der Waals surface area contributed by atoms with Crippen molar-refractivity contribution in [3.63, 3.8) is 0 Å². The van der Waals surface area contributed by atoms with E-state index < -0.39 is 0 Å². The largest absolute Gasteiger partial charge is 0.379 e. The first-order chi connectivity index (χ1) is 5.91. The fraction of sp³-hybridized carbons (Fsp3) is 1.00.